The molecule has 1 amide bonds. The summed E-state index contributed by atoms with van der Waals surface area (Å²) in [6.45, 7) is 1.68. The predicted molar refractivity (Wildman–Crippen MR) is 65.1 cm³/mol. The number of aromatic nitrogens is 2. The normalized spacial score (nSPS) is 10.2. The molecule has 0 fully saturated rings. The molecule has 0 aliphatic rings. The quantitative estimate of drug-likeness (QED) is 0.525. The van der Waals surface area contributed by atoms with Gasteiger partial charge >= 0.3 is 5.88 Å². The molecule has 9 heteroatoms. The van der Waals surface area contributed by atoms with Gasteiger partial charge in [-0.3, -0.25) is 20.2 Å². The van der Waals surface area contributed by atoms with Crippen molar-refractivity contribution in [3.63, 3.8) is 0 Å². The van der Waals surface area contributed by atoms with Crippen LogP contribution in [0.1, 0.15) is 16.2 Å². The van der Waals surface area contributed by atoms with Crippen LogP contribution in [0.5, 0.6) is 0 Å². The number of carbonyl (C=O) groups excluding carboxylic acids is 1. The SMILES string of the molecule is Cc1cc(Cl)nc(NC(=O)c2ccc([N+](=O)[O-])o2)n1. The molecule has 2 aromatic rings. The van der Waals surface area contributed by atoms with Crippen LogP contribution in [0, 0.1) is 17.0 Å². The number of halogens is 1. The third kappa shape index (κ3) is 3.05. The molecule has 0 spiro atoms. The van der Waals surface area contributed by atoms with E-state index in [-0.39, 0.29) is 16.9 Å². The Morgan fingerprint density at radius 2 is 2.21 bits per heavy atom. The maximum absolute atomic E-state index is 11.7. The lowest BCUT2D eigenvalue weighted by Crippen LogP contribution is -2.13. The van der Waals surface area contributed by atoms with E-state index in [2.05, 4.69) is 15.3 Å². The van der Waals surface area contributed by atoms with E-state index in [1.165, 1.54) is 12.1 Å². The summed E-state index contributed by atoms with van der Waals surface area (Å²) in [7, 11) is 0. The number of nitrogens with one attached hydrogen (secondary N) is 1. The van der Waals surface area contributed by atoms with E-state index in [1.807, 2.05) is 0 Å². The predicted octanol–water partition coefficient (Wildman–Crippen LogP) is 2.19. The fraction of sp³-hybridized carbons (Fsp3) is 0.100. The first-order valence-electron chi connectivity index (χ1n) is 5.02. The van der Waals surface area contributed by atoms with Crippen LogP contribution in [-0.4, -0.2) is 20.8 Å². The molecule has 2 aromatic heterocycles. The maximum atomic E-state index is 11.7. The van der Waals surface area contributed by atoms with Crippen LogP contribution in [0.4, 0.5) is 11.8 Å². The van der Waals surface area contributed by atoms with Gasteiger partial charge in [-0.15, -0.1) is 0 Å². The van der Waals surface area contributed by atoms with Gasteiger partial charge in [0.15, 0.2) is 5.76 Å². The lowest BCUT2D eigenvalue weighted by Gasteiger charge is -2.02. The number of anilines is 1. The average Bonchev–Trinajstić information content (AvgIpc) is 2.76. The third-order valence-electron chi connectivity index (χ3n) is 2.04. The van der Waals surface area contributed by atoms with Gasteiger partial charge in [-0.05, 0) is 19.1 Å². The maximum Gasteiger partial charge on any atom is 0.433 e. The molecule has 0 saturated heterocycles. The van der Waals surface area contributed by atoms with Gasteiger partial charge in [0.2, 0.25) is 5.95 Å². The summed E-state index contributed by atoms with van der Waals surface area (Å²) in [6, 6.07) is 3.79. The van der Waals surface area contributed by atoms with Crippen LogP contribution >= 0.6 is 11.6 Å². The lowest BCUT2D eigenvalue weighted by molar-refractivity contribution is -0.402. The Morgan fingerprint density at radius 1 is 1.47 bits per heavy atom. The summed E-state index contributed by atoms with van der Waals surface area (Å²) in [4.78, 5) is 29.1. The second-order valence-electron chi connectivity index (χ2n) is 3.50. The Balaban J connectivity index is 2.18. The summed E-state index contributed by atoms with van der Waals surface area (Å²) in [5, 5.41) is 12.9. The van der Waals surface area contributed by atoms with Gasteiger partial charge in [0.05, 0.1) is 6.07 Å². The van der Waals surface area contributed by atoms with Gasteiger partial charge in [0, 0.05) is 5.69 Å². The zero-order valence-corrected chi connectivity index (χ0v) is 10.3. The second-order valence-corrected chi connectivity index (χ2v) is 3.89. The summed E-state index contributed by atoms with van der Waals surface area (Å²) in [6.07, 6.45) is 0. The highest BCUT2D eigenvalue weighted by molar-refractivity contribution is 6.29. The highest BCUT2D eigenvalue weighted by Gasteiger charge is 2.18. The first-order valence-corrected chi connectivity index (χ1v) is 5.40. The van der Waals surface area contributed by atoms with Crippen molar-refractivity contribution >= 4 is 29.3 Å². The molecule has 0 aromatic carbocycles. The molecule has 0 unspecified atom stereocenters. The van der Waals surface area contributed by atoms with E-state index in [0.29, 0.717) is 5.69 Å². The van der Waals surface area contributed by atoms with Crippen LogP contribution in [0.15, 0.2) is 22.6 Å². The fourth-order valence-electron chi connectivity index (χ4n) is 1.30. The highest BCUT2D eigenvalue weighted by Crippen LogP contribution is 2.17. The van der Waals surface area contributed by atoms with E-state index in [0.717, 1.165) is 6.07 Å². The molecule has 98 valence electrons. The first kappa shape index (κ1) is 13.0. The Hall–Kier alpha value is -2.48. The van der Waals surface area contributed by atoms with Crippen molar-refractivity contribution in [1.29, 1.82) is 0 Å². The van der Waals surface area contributed by atoms with Gasteiger partial charge in [0.25, 0.3) is 5.91 Å². The summed E-state index contributed by atoms with van der Waals surface area (Å²) in [5.74, 6) is -1.44. The minimum atomic E-state index is -0.739. The number of hydrogen-bond donors (Lipinski definition) is 1. The van der Waals surface area contributed by atoms with Gasteiger partial charge < -0.3 is 4.42 Å². The molecular formula is C10H7ClN4O4. The first-order chi connectivity index (χ1) is 8.95. The number of rotatable bonds is 3. The van der Waals surface area contributed by atoms with Crippen LogP contribution in [0.25, 0.3) is 0 Å². The van der Waals surface area contributed by atoms with E-state index in [9.17, 15) is 14.9 Å². The Labute approximate surface area is 111 Å². The van der Waals surface area contributed by atoms with Crippen LogP contribution in [-0.2, 0) is 0 Å². The molecule has 0 aliphatic heterocycles. The van der Waals surface area contributed by atoms with Gasteiger partial charge in [-0.1, -0.05) is 11.6 Å². The van der Waals surface area contributed by atoms with E-state index < -0.39 is 16.7 Å². The monoisotopic (exact) mass is 282 g/mol. The number of amides is 1. The van der Waals surface area contributed by atoms with Crippen molar-refractivity contribution in [3.05, 3.63) is 44.9 Å². The number of carbonyl (C=O) groups is 1. The topological polar surface area (TPSA) is 111 Å². The minimum absolute atomic E-state index is 0.00551. The zero-order valence-electron chi connectivity index (χ0n) is 9.58. The molecule has 0 bridgehead atoms. The molecular weight excluding hydrogens is 276 g/mol. The highest BCUT2D eigenvalue weighted by atomic mass is 35.5. The fourth-order valence-corrected chi connectivity index (χ4v) is 1.53. The number of nitrogens with zero attached hydrogens (tertiary/aromatic N) is 3. The Morgan fingerprint density at radius 3 is 2.79 bits per heavy atom. The Bertz CT molecular complexity index is 634. The van der Waals surface area contributed by atoms with Crippen LogP contribution in [0.3, 0.4) is 0 Å². The largest absolute Gasteiger partial charge is 0.433 e. The average molecular weight is 283 g/mol. The summed E-state index contributed by atoms with van der Waals surface area (Å²) in [5.41, 5.74) is 0.570. The number of furan rings is 1. The molecule has 2 rings (SSSR count). The van der Waals surface area contributed by atoms with Gasteiger partial charge in [0.1, 0.15) is 10.1 Å². The third-order valence-corrected chi connectivity index (χ3v) is 2.24. The van der Waals surface area contributed by atoms with Crippen molar-refractivity contribution in [2.45, 2.75) is 6.92 Å². The standard InChI is InChI=1S/C10H7ClN4O4/c1-5-4-7(11)13-10(12-5)14-9(16)6-2-3-8(19-6)15(17)18/h2-4H,1H3,(H,12,13,14,16). The number of hydrogen-bond acceptors (Lipinski definition) is 6. The van der Waals surface area contributed by atoms with E-state index >= 15 is 0 Å². The molecule has 0 saturated carbocycles. The molecule has 0 radical (unpaired) electrons. The van der Waals surface area contributed by atoms with Crippen molar-refractivity contribution in [1.82, 2.24) is 9.97 Å². The molecule has 0 atom stereocenters. The van der Waals surface area contributed by atoms with Crippen molar-refractivity contribution in [2.75, 3.05) is 5.32 Å². The van der Waals surface area contributed by atoms with Crippen LogP contribution in [0.2, 0.25) is 5.15 Å². The summed E-state index contributed by atoms with van der Waals surface area (Å²) >= 11 is 5.71. The molecule has 1 N–H and O–H groups in total. The number of nitro groups is 1. The van der Waals surface area contributed by atoms with Gasteiger partial charge in [-0.25, -0.2) is 9.97 Å². The Kier molecular flexibility index (Phi) is 3.43. The molecule has 0 aliphatic carbocycles. The smallest absolute Gasteiger partial charge is 0.395 e. The molecule has 19 heavy (non-hydrogen) atoms. The second kappa shape index (κ2) is 5.02. The van der Waals surface area contributed by atoms with Crippen molar-refractivity contribution in [3.8, 4) is 0 Å². The lowest BCUT2D eigenvalue weighted by atomic mass is 10.4. The minimum Gasteiger partial charge on any atom is -0.395 e. The zero-order chi connectivity index (χ0) is 14.0. The number of aryl methyl sites for hydroxylation is 1. The summed E-state index contributed by atoms with van der Waals surface area (Å²) < 4.78 is 4.74. The van der Waals surface area contributed by atoms with Gasteiger partial charge in [-0.2, -0.15) is 0 Å². The van der Waals surface area contributed by atoms with Crippen LogP contribution < -0.4 is 5.32 Å². The molecule has 8 nitrogen and oxygen atoms in total. The van der Waals surface area contributed by atoms with Crippen molar-refractivity contribution < 1.29 is 14.1 Å². The van der Waals surface area contributed by atoms with E-state index in [4.69, 9.17) is 16.0 Å². The molecule has 2 heterocycles. The van der Waals surface area contributed by atoms with Crippen molar-refractivity contribution in [2.24, 2.45) is 0 Å². The van der Waals surface area contributed by atoms with E-state index in [1.54, 1.807) is 6.92 Å².